The maximum absolute atomic E-state index is 13.4. The second-order valence-corrected chi connectivity index (χ2v) is 8.81. The number of benzene rings is 2. The lowest BCUT2D eigenvalue weighted by atomic mass is 10.1. The van der Waals surface area contributed by atoms with Crippen molar-refractivity contribution in [1.29, 1.82) is 0 Å². The van der Waals surface area contributed by atoms with Crippen molar-refractivity contribution in [2.45, 2.75) is 46.8 Å². The predicted octanol–water partition coefficient (Wildman–Crippen LogP) is 3.27. The SMILES string of the molecule is CCc1ccc(NC(=O)Cn2c(=O)c3c(ncn3CC(C)C)n(Cc3ccccc3)c2=O)cc1. The van der Waals surface area contributed by atoms with E-state index in [1.165, 1.54) is 4.57 Å². The number of hydrogen-bond donors (Lipinski definition) is 1. The summed E-state index contributed by atoms with van der Waals surface area (Å²) in [6.07, 6.45) is 2.49. The van der Waals surface area contributed by atoms with E-state index in [1.807, 2.05) is 68.4 Å². The highest BCUT2D eigenvalue weighted by molar-refractivity contribution is 5.90. The number of hydrogen-bond acceptors (Lipinski definition) is 4. The molecule has 0 atom stereocenters. The van der Waals surface area contributed by atoms with Crippen molar-refractivity contribution in [3.63, 3.8) is 0 Å². The summed E-state index contributed by atoms with van der Waals surface area (Å²) in [6.45, 7) is 6.58. The van der Waals surface area contributed by atoms with Gasteiger partial charge in [-0.15, -0.1) is 0 Å². The number of carbonyl (C=O) groups is 1. The van der Waals surface area contributed by atoms with Gasteiger partial charge in [0.15, 0.2) is 11.2 Å². The number of aryl methyl sites for hydroxylation is 1. The van der Waals surface area contributed by atoms with E-state index in [1.54, 1.807) is 10.9 Å². The Bertz CT molecular complexity index is 1410. The summed E-state index contributed by atoms with van der Waals surface area (Å²) >= 11 is 0. The predicted molar refractivity (Wildman–Crippen MR) is 133 cm³/mol. The molecular formula is C26H29N5O3. The van der Waals surface area contributed by atoms with Gasteiger partial charge in [0.1, 0.15) is 6.54 Å². The number of fused-ring (bicyclic) bond motifs is 1. The molecule has 0 saturated carbocycles. The Labute approximate surface area is 197 Å². The summed E-state index contributed by atoms with van der Waals surface area (Å²) in [5.41, 5.74) is 2.24. The molecule has 2 aromatic carbocycles. The van der Waals surface area contributed by atoms with Gasteiger partial charge in [0.25, 0.3) is 5.56 Å². The average Bonchev–Trinajstić information content (AvgIpc) is 3.23. The van der Waals surface area contributed by atoms with E-state index in [2.05, 4.69) is 17.2 Å². The van der Waals surface area contributed by atoms with Gasteiger partial charge in [-0.3, -0.25) is 14.2 Å². The minimum atomic E-state index is -0.562. The standard InChI is InChI=1S/C26H29N5O3/c1-4-19-10-12-21(13-11-19)28-22(32)16-31-25(33)23-24(27-17-29(23)14-18(2)3)30(26(31)34)15-20-8-6-5-7-9-20/h5-13,17-18H,4,14-16H2,1-3H3,(H,28,32). The molecule has 4 rings (SSSR count). The maximum Gasteiger partial charge on any atom is 0.333 e. The van der Waals surface area contributed by atoms with Crippen molar-refractivity contribution in [1.82, 2.24) is 18.7 Å². The molecule has 0 bridgehead atoms. The fourth-order valence-corrected chi connectivity index (χ4v) is 3.99. The zero-order chi connectivity index (χ0) is 24.2. The smallest absolute Gasteiger partial charge is 0.325 e. The van der Waals surface area contributed by atoms with Gasteiger partial charge in [0, 0.05) is 12.2 Å². The molecule has 4 aromatic rings. The number of anilines is 1. The second kappa shape index (κ2) is 9.91. The first-order valence-corrected chi connectivity index (χ1v) is 11.5. The molecule has 8 nitrogen and oxygen atoms in total. The quantitative estimate of drug-likeness (QED) is 0.438. The van der Waals surface area contributed by atoms with E-state index in [0.717, 1.165) is 22.1 Å². The summed E-state index contributed by atoms with van der Waals surface area (Å²) in [7, 11) is 0. The lowest BCUT2D eigenvalue weighted by molar-refractivity contribution is -0.116. The summed E-state index contributed by atoms with van der Waals surface area (Å²) in [5.74, 6) is -0.168. The highest BCUT2D eigenvalue weighted by Gasteiger charge is 2.20. The Hall–Kier alpha value is -3.94. The van der Waals surface area contributed by atoms with Crippen LogP contribution in [0.1, 0.15) is 31.9 Å². The van der Waals surface area contributed by atoms with E-state index in [9.17, 15) is 14.4 Å². The van der Waals surface area contributed by atoms with E-state index < -0.39 is 17.2 Å². The van der Waals surface area contributed by atoms with E-state index >= 15 is 0 Å². The van der Waals surface area contributed by atoms with Crippen LogP contribution < -0.4 is 16.6 Å². The van der Waals surface area contributed by atoms with Crippen LogP contribution in [0.4, 0.5) is 5.69 Å². The fraction of sp³-hybridized carbons (Fsp3) is 0.308. The van der Waals surface area contributed by atoms with Crippen molar-refractivity contribution in [2.24, 2.45) is 5.92 Å². The Morgan fingerprint density at radius 1 is 0.971 bits per heavy atom. The molecule has 0 saturated heterocycles. The summed E-state index contributed by atoms with van der Waals surface area (Å²) in [6, 6.07) is 17.0. The third kappa shape index (κ3) is 4.85. The number of nitrogens with one attached hydrogen (secondary N) is 1. The highest BCUT2D eigenvalue weighted by Crippen LogP contribution is 2.13. The molecule has 0 unspecified atom stereocenters. The van der Waals surface area contributed by atoms with Crippen LogP contribution >= 0.6 is 0 Å². The largest absolute Gasteiger partial charge is 0.333 e. The number of nitrogens with zero attached hydrogens (tertiary/aromatic N) is 4. The van der Waals surface area contributed by atoms with Gasteiger partial charge in [-0.25, -0.2) is 14.3 Å². The number of carbonyl (C=O) groups excluding carboxylic acids is 1. The zero-order valence-electron chi connectivity index (χ0n) is 19.7. The van der Waals surface area contributed by atoms with Crippen LogP contribution in [0.3, 0.4) is 0 Å². The third-order valence-corrected chi connectivity index (χ3v) is 5.68. The molecule has 0 aliphatic rings. The minimum absolute atomic E-state index is 0.245. The molecule has 34 heavy (non-hydrogen) atoms. The fourth-order valence-electron chi connectivity index (χ4n) is 3.99. The van der Waals surface area contributed by atoms with Gasteiger partial charge in [0.05, 0.1) is 12.9 Å². The van der Waals surface area contributed by atoms with E-state index in [4.69, 9.17) is 0 Å². The topological polar surface area (TPSA) is 90.9 Å². The van der Waals surface area contributed by atoms with Gasteiger partial charge >= 0.3 is 5.69 Å². The molecule has 8 heteroatoms. The molecule has 2 aromatic heterocycles. The number of aromatic nitrogens is 4. The monoisotopic (exact) mass is 459 g/mol. The minimum Gasteiger partial charge on any atom is -0.325 e. The molecule has 176 valence electrons. The Kier molecular flexibility index (Phi) is 6.77. The lowest BCUT2D eigenvalue weighted by Crippen LogP contribution is -2.43. The van der Waals surface area contributed by atoms with Crippen LogP contribution in [0, 0.1) is 5.92 Å². The third-order valence-electron chi connectivity index (χ3n) is 5.68. The molecule has 1 amide bonds. The van der Waals surface area contributed by atoms with Gasteiger partial charge in [-0.2, -0.15) is 0 Å². The summed E-state index contributed by atoms with van der Waals surface area (Å²) < 4.78 is 4.23. The average molecular weight is 460 g/mol. The number of imidazole rings is 1. The molecular weight excluding hydrogens is 430 g/mol. The van der Waals surface area contributed by atoms with Crippen LogP contribution in [0.2, 0.25) is 0 Å². The number of amides is 1. The van der Waals surface area contributed by atoms with Crippen molar-refractivity contribution < 1.29 is 4.79 Å². The molecule has 0 radical (unpaired) electrons. The molecule has 1 N–H and O–H groups in total. The van der Waals surface area contributed by atoms with Gasteiger partial charge in [0.2, 0.25) is 5.91 Å². The first-order chi connectivity index (χ1) is 16.4. The Morgan fingerprint density at radius 3 is 2.32 bits per heavy atom. The van der Waals surface area contributed by atoms with Crippen molar-refractivity contribution in [3.8, 4) is 0 Å². The van der Waals surface area contributed by atoms with Crippen LogP contribution in [0.25, 0.3) is 11.2 Å². The Morgan fingerprint density at radius 2 is 1.68 bits per heavy atom. The molecule has 0 spiro atoms. The van der Waals surface area contributed by atoms with Gasteiger partial charge in [-0.05, 0) is 35.6 Å². The van der Waals surface area contributed by atoms with Crippen molar-refractivity contribution >= 4 is 22.8 Å². The van der Waals surface area contributed by atoms with Gasteiger partial charge in [-0.1, -0.05) is 63.2 Å². The normalized spacial score (nSPS) is 11.3. The van der Waals surface area contributed by atoms with Gasteiger partial charge < -0.3 is 9.88 Å². The molecule has 2 heterocycles. The summed E-state index contributed by atoms with van der Waals surface area (Å²) in [4.78, 5) is 44.0. The Balaban J connectivity index is 1.75. The molecule has 0 fully saturated rings. The zero-order valence-corrected chi connectivity index (χ0v) is 19.7. The lowest BCUT2D eigenvalue weighted by Gasteiger charge is -2.14. The summed E-state index contributed by atoms with van der Waals surface area (Å²) in [5, 5.41) is 2.78. The molecule has 0 aliphatic heterocycles. The maximum atomic E-state index is 13.4. The highest BCUT2D eigenvalue weighted by atomic mass is 16.2. The second-order valence-electron chi connectivity index (χ2n) is 8.81. The van der Waals surface area contributed by atoms with Crippen molar-refractivity contribution in [3.05, 3.63) is 92.9 Å². The number of rotatable bonds is 8. The van der Waals surface area contributed by atoms with Crippen LogP contribution in [-0.4, -0.2) is 24.6 Å². The van der Waals surface area contributed by atoms with Crippen LogP contribution in [-0.2, 0) is 30.8 Å². The van der Waals surface area contributed by atoms with E-state index in [-0.39, 0.29) is 19.0 Å². The van der Waals surface area contributed by atoms with Crippen LogP contribution in [0.5, 0.6) is 0 Å². The van der Waals surface area contributed by atoms with Crippen LogP contribution in [0.15, 0.2) is 70.5 Å². The van der Waals surface area contributed by atoms with Crippen molar-refractivity contribution in [2.75, 3.05) is 5.32 Å². The first-order valence-electron chi connectivity index (χ1n) is 11.5. The first kappa shape index (κ1) is 23.2. The molecule has 0 aliphatic carbocycles. The van der Waals surface area contributed by atoms with E-state index in [0.29, 0.717) is 23.4 Å².